The Morgan fingerprint density at radius 2 is 2.09 bits per heavy atom. The molecule has 2 saturated heterocycles. The fourth-order valence-electron chi connectivity index (χ4n) is 3.44. The first-order chi connectivity index (χ1) is 10.5. The van der Waals surface area contributed by atoms with Crippen molar-refractivity contribution < 1.29 is 19.4 Å². The monoisotopic (exact) mass is 304 g/mol. The second-order valence-corrected chi connectivity index (χ2v) is 5.84. The number of carbonyl (C=O) groups is 2. The molecule has 0 bridgehead atoms. The second kappa shape index (κ2) is 5.28. The van der Waals surface area contributed by atoms with Gasteiger partial charge in [-0.25, -0.2) is 9.59 Å². The Morgan fingerprint density at radius 3 is 2.73 bits per heavy atom. The van der Waals surface area contributed by atoms with Crippen molar-refractivity contribution in [2.24, 2.45) is 0 Å². The Hall–Kier alpha value is -2.08. The standard InChI is InChI=1S/C16H20N2O4/c1-3-22-14(20)13-12(19)9-10-16(2)17(15(21)18(13)16)11-7-5-4-6-8-11/h4-8,12-13,19H,3,9-10H2,1-2H3/t12-,13-,16-/m1/s1. The van der Waals surface area contributed by atoms with Crippen LogP contribution in [-0.2, 0) is 9.53 Å². The fourth-order valence-corrected chi connectivity index (χ4v) is 3.44. The molecule has 3 atom stereocenters. The number of esters is 1. The molecule has 1 aromatic carbocycles. The summed E-state index contributed by atoms with van der Waals surface area (Å²) < 4.78 is 5.03. The number of amides is 2. The zero-order chi connectivity index (χ0) is 15.9. The molecule has 6 nitrogen and oxygen atoms in total. The first-order valence-electron chi connectivity index (χ1n) is 7.54. The van der Waals surface area contributed by atoms with Crippen LogP contribution in [0.2, 0.25) is 0 Å². The molecule has 0 saturated carbocycles. The lowest BCUT2D eigenvalue weighted by atomic mass is 9.84. The third-order valence-electron chi connectivity index (χ3n) is 4.50. The predicted molar refractivity (Wildman–Crippen MR) is 80.2 cm³/mol. The van der Waals surface area contributed by atoms with Crippen LogP contribution in [0.15, 0.2) is 30.3 Å². The van der Waals surface area contributed by atoms with Crippen molar-refractivity contribution in [1.29, 1.82) is 0 Å². The summed E-state index contributed by atoms with van der Waals surface area (Å²) in [6.07, 6.45) is 0.173. The highest BCUT2D eigenvalue weighted by Crippen LogP contribution is 2.46. The van der Waals surface area contributed by atoms with E-state index >= 15 is 0 Å². The number of rotatable bonds is 3. The molecular formula is C16H20N2O4. The minimum absolute atomic E-state index is 0.225. The number of piperidine rings is 1. The molecule has 22 heavy (non-hydrogen) atoms. The van der Waals surface area contributed by atoms with Gasteiger partial charge in [0.05, 0.1) is 12.7 Å². The van der Waals surface area contributed by atoms with Crippen LogP contribution >= 0.6 is 0 Å². The van der Waals surface area contributed by atoms with E-state index in [1.807, 2.05) is 37.3 Å². The van der Waals surface area contributed by atoms with Crippen molar-refractivity contribution >= 4 is 17.7 Å². The number of aliphatic hydroxyl groups is 1. The van der Waals surface area contributed by atoms with Crippen LogP contribution in [0.25, 0.3) is 0 Å². The molecule has 0 spiro atoms. The molecule has 0 radical (unpaired) electrons. The van der Waals surface area contributed by atoms with Crippen LogP contribution in [0, 0.1) is 0 Å². The van der Waals surface area contributed by atoms with Gasteiger partial charge in [-0.2, -0.15) is 0 Å². The number of fused-ring (bicyclic) bond motifs is 1. The Labute approximate surface area is 129 Å². The van der Waals surface area contributed by atoms with E-state index in [0.29, 0.717) is 12.8 Å². The Kier molecular flexibility index (Phi) is 3.56. The third kappa shape index (κ3) is 1.98. The molecule has 2 heterocycles. The summed E-state index contributed by atoms with van der Waals surface area (Å²) in [5.41, 5.74) is 0.194. The van der Waals surface area contributed by atoms with E-state index in [9.17, 15) is 14.7 Å². The maximum absolute atomic E-state index is 12.6. The quantitative estimate of drug-likeness (QED) is 0.863. The molecule has 2 amide bonds. The van der Waals surface area contributed by atoms with Gasteiger partial charge in [-0.3, -0.25) is 9.80 Å². The first-order valence-corrected chi connectivity index (χ1v) is 7.54. The average Bonchev–Trinajstić information content (AvgIpc) is 2.50. The van der Waals surface area contributed by atoms with Gasteiger partial charge in [0.1, 0.15) is 5.66 Å². The number of hydrogen-bond donors (Lipinski definition) is 1. The number of nitrogens with zero attached hydrogens (tertiary/aromatic N) is 2. The van der Waals surface area contributed by atoms with Crippen molar-refractivity contribution in [3.63, 3.8) is 0 Å². The molecule has 2 aliphatic heterocycles. The van der Waals surface area contributed by atoms with Gasteiger partial charge in [0.2, 0.25) is 0 Å². The topological polar surface area (TPSA) is 70.1 Å². The highest BCUT2D eigenvalue weighted by molar-refractivity contribution is 6.03. The highest BCUT2D eigenvalue weighted by Gasteiger charge is 2.63. The summed E-state index contributed by atoms with van der Waals surface area (Å²) in [4.78, 5) is 27.9. The summed E-state index contributed by atoms with van der Waals surface area (Å²) in [5.74, 6) is -0.540. The third-order valence-corrected chi connectivity index (χ3v) is 4.50. The first kappa shape index (κ1) is 14.8. The summed E-state index contributed by atoms with van der Waals surface area (Å²) in [5, 5.41) is 10.2. The van der Waals surface area contributed by atoms with Gasteiger partial charge in [-0.15, -0.1) is 0 Å². The van der Waals surface area contributed by atoms with Crippen molar-refractivity contribution in [2.75, 3.05) is 11.5 Å². The van der Waals surface area contributed by atoms with Crippen LogP contribution in [-0.4, -0.2) is 46.4 Å². The number of urea groups is 1. The van der Waals surface area contributed by atoms with Gasteiger partial charge in [0, 0.05) is 5.69 Å². The number of benzene rings is 1. The van der Waals surface area contributed by atoms with E-state index in [-0.39, 0.29) is 12.6 Å². The summed E-state index contributed by atoms with van der Waals surface area (Å²) in [7, 11) is 0. The lowest BCUT2D eigenvalue weighted by molar-refractivity contribution is -0.163. The van der Waals surface area contributed by atoms with Crippen LogP contribution in [0.1, 0.15) is 26.7 Å². The molecule has 2 fully saturated rings. The van der Waals surface area contributed by atoms with Gasteiger partial charge in [0.15, 0.2) is 6.04 Å². The minimum atomic E-state index is -0.925. The van der Waals surface area contributed by atoms with Crippen LogP contribution < -0.4 is 4.90 Å². The van der Waals surface area contributed by atoms with Gasteiger partial charge in [-0.1, -0.05) is 18.2 Å². The molecule has 0 unspecified atom stereocenters. The number of para-hydroxylation sites is 1. The van der Waals surface area contributed by atoms with E-state index < -0.39 is 23.8 Å². The smallest absolute Gasteiger partial charge is 0.331 e. The second-order valence-electron chi connectivity index (χ2n) is 5.84. The molecule has 0 aliphatic carbocycles. The van der Waals surface area contributed by atoms with Crippen molar-refractivity contribution in [2.45, 2.75) is 44.5 Å². The zero-order valence-electron chi connectivity index (χ0n) is 12.7. The Bertz CT molecular complexity index is 591. The largest absolute Gasteiger partial charge is 0.464 e. The Morgan fingerprint density at radius 1 is 1.41 bits per heavy atom. The van der Waals surface area contributed by atoms with Crippen LogP contribution in [0.5, 0.6) is 0 Å². The van der Waals surface area contributed by atoms with Crippen molar-refractivity contribution in [1.82, 2.24) is 4.90 Å². The van der Waals surface area contributed by atoms with Crippen LogP contribution in [0.3, 0.4) is 0 Å². The van der Waals surface area contributed by atoms with E-state index in [1.54, 1.807) is 11.8 Å². The molecule has 1 aromatic rings. The summed E-state index contributed by atoms with van der Waals surface area (Å²) in [6, 6.07) is 8.16. The number of carbonyl (C=O) groups excluding carboxylic acids is 2. The van der Waals surface area contributed by atoms with Crippen molar-refractivity contribution in [3.05, 3.63) is 30.3 Å². The van der Waals surface area contributed by atoms with Crippen molar-refractivity contribution in [3.8, 4) is 0 Å². The lowest BCUT2D eigenvalue weighted by Gasteiger charge is -2.63. The fraction of sp³-hybridized carbons (Fsp3) is 0.500. The molecule has 1 N–H and O–H groups in total. The number of hydrogen-bond acceptors (Lipinski definition) is 4. The van der Waals surface area contributed by atoms with Gasteiger partial charge in [-0.05, 0) is 38.8 Å². The van der Waals surface area contributed by atoms with Gasteiger partial charge in [0.25, 0.3) is 0 Å². The predicted octanol–water partition coefficient (Wildman–Crippen LogP) is 1.73. The summed E-state index contributed by atoms with van der Waals surface area (Å²) in [6.45, 7) is 3.85. The maximum atomic E-state index is 12.6. The summed E-state index contributed by atoms with van der Waals surface area (Å²) >= 11 is 0. The van der Waals surface area contributed by atoms with Gasteiger partial charge < -0.3 is 9.84 Å². The molecule has 3 rings (SSSR count). The molecule has 6 heteroatoms. The molecule has 0 aromatic heterocycles. The number of anilines is 1. The average molecular weight is 304 g/mol. The van der Waals surface area contributed by atoms with E-state index in [1.165, 1.54) is 4.90 Å². The van der Waals surface area contributed by atoms with Gasteiger partial charge >= 0.3 is 12.0 Å². The maximum Gasteiger partial charge on any atom is 0.331 e. The number of ether oxygens (including phenoxy) is 1. The molecule has 118 valence electrons. The number of aliphatic hydroxyl groups excluding tert-OH is 1. The lowest BCUT2D eigenvalue weighted by Crippen LogP contribution is -2.82. The minimum Gasteiger partial charge on any atom is -0.464 e. The highest BCUT2D eigenvalue weighted by atomic mass is 16.5. The molecule has 2 aliphatic rings. The SMILES string of the molecule is CCOC(=O)[C@H]1[C@H](O)CC[C@]2(C)N(c3ccccc3)C(=O)N12. The Balaban J connectivity index is 1.92. The van der Waals surface area contributed by atoms with Crippen LogP contribution in [0.4, 0.5) is 10.5 Å². The van der Waals surface area contributed by atoms with E-state index in [2.05, 4.69) is 0 Å². The van der Waals surface area contributed by atoms with E-state index in [0.717, 1.165) is 5.69 Å². The molecular weight excluding hydrogens is 284 g/mol. The zero-order valence-corrected chi connectivity index (χ0v) is 12.7. The van der Waals surface area contributed by atoms with E-state index in [4.69, 9.17) is 4.74 Å². The normalized spacial score (nSPS) is 30.6.